The van der Waals surface area contributed by atoms with Crippen molar-refractivity contribution in [2.75, 3.05) is 19.8 Å². The number of aldehydes is 2. The van der Waals surface area contributed by atoms with Gasteiger partial charge in [-0.2, -0.15) is 0 Å². The molecule has 2 aromatic rings. The highest BCUT2D eigenvalue weighted by Gasteiger charge is 2.01. The van der Waals surface area contributed by atoms with Crippen LogP contribution in [0.15, 0.2) is 42.5 Å². The Balaban J connectivity index is 0.000000209. The normalized spacial score (nSPS) is 11.0. The van der Waals surface area contributed by atoms with Crippen molar-refractivity contribution in [2.24, 2.45) is 0 Å². The van der Waals surface area contributed by atoms with Gasteiger partial charge in [-0.25, -0.2) is 0 Å². The molecule has 0 aliphatic carbocycles. The Labute approximate surface area is 140 Å². The Morgan fingerprint density at radius 2 is 1.54 bits per heavy atom. The second-order valence-corrected chi connectivity index (χ2v) is 4.60. The lowest BCUT2D eigenvalue weighted by molar-refractivity contribution is 0.111. The summed E-state index contributed by atoms with van der Waals surface area (Å²) in [5.74, 6) is 0.588. The molecule has 0 bridgehead atoms. The van der Waals surface area contributed by atoms with Gasteiger partial charge in [0.25, 0.3) is 0 Å². The average Bonchev–Trinajstić information content (AvgIpc) is 3.47. The van der Waals surface area contributed by atoms with Crippen LogP contribution in [0.5, 0.6) is 17.2 Å². The monoisotopic (exact) mass is 332 g/mol. The minimum Gasteiger partial charge on any atom is -0.508 e. The van der Waals surface area contributed by atoms with E-state index in [-0.39, 0.29) is 11.5 Å². The topological polar surface area (TPSA) is 96.4 Å². The second kappa shape index (κ2) is 10.8. The SMILES string of the molecule is C1CO1.CCOc1cc(C=O)ccc1O.O=Cc1ccc(O)cc1. The average molecular weight is 332 g/mol. The molecule has 6 nitrogen and oxygen atoms in total. The van der Waals surface area contributed by atoms with Crippen molar-refractivity contribution in [3.8, 4) is 17.2 Å². The molecule has 2 aromatic carbocycles. The molecule has 6 heteroatoms. The number of benzene rings is 2. The van der Waals surface area contributed by atoms with Crippen molar-refractivity contribution in [2.45, 2.75) is 6.92 Å². The molecule has 1 aliphatic rings. The molecule has 128 valence electrons. The van der Waals surface area contributed by atoms with Crippen LogP contribution in [0.1, 0.15) is 27.6 Å². The first kappa shape index (κ1) is 19.2. The number of ether oxygens (including phenoxy) is 2. The van der Waals surface area contributed by atoms with Crippen LogP contribution < -0.4 is 4.74 Å². The summed E-state index contributed by atoms with van der Waals surface area (Å²) in [6, 6.07) is 10.5. The quantitative estimate of drug-likeness (QED) is 0.660. The first-order valence-corrected chi connectivity index (χ1v) is 7.33. The number of hydrogen-bond donors (Lipinski definition) is 2. The van der Waals surface area contributed by atoms with Crippen molar-refractivity contribution < 1.29 is 29.3 Å². The fraction of sp³-hybridized carbons (Fsp3) is 0.222. The molecule has 3 rings (SSSR count). The number of hydrogen-bond acceptors (Lipinski definition) is 6. The van der Waals surface area contributed by atoms with Gasteiger partial charge in [-0.1, -0.05) is 0 Å². The molecule has 2 N–H and O–H groups in total. The largest absolute Gasteiger partial charge is 0.508 e. The first-order chi connectivity index (χ1) is 11.6. The highest BCUT2D eigenvalue weighted by Crippen LogP contribution is 2.25. The standard InChI is InChI=1S/C9H10O3.C7H6O2.C2H4O/c1-2-12-9-5-7(6-10)3-4-8(9)11;8-5-6-1-3-7(9)4-2-6;1-2-3-1/h3-6,11H,2H2,1H3;1-5,9H;1-2H2. The van der Waals surface area contributed by atoms with Gasteiger partial charge >= 0.3 is 0 Å². The summed E-state index contributed by atoms with van der Waals surface area (Å²) in [6.45, 7) is 4.28. The third-order valence-corrected chi connectivity index (χ3v) is 2.65. The number of rotatable bonds is 4. The minimum atomic E-state index is 0.0578. The number of aromatic hydroxyl groups is 2. The summed E-state index contributed by atoms with van der Waals surface area (Å²) in [5.41, 5.74) is 1.07. The molecule has 0 saturated carbocycles. The molecule has 0 aromatic heterocycles. The Morgan fingerprint density at radius 3 is 2.00 bits per heavy atom. The van der Waals surface area contributed by atoms with Crippen LogP contribution in [0.3, 0.4) is 0 Å². The van der Waals surface area contributed by atoms with Crippen molar-refractivity contribution in [1.82, 2.24) is 0 Å². The van der Waals surface area contributed by atoms with E-state index >= 15 is 0 Å². The fourth-order valence-electron chi connectivity index (χ4n) is 1.43. The molecule has 0 atom stereocenters. The number of phenolic OH excluding ortho intramolecular Hbond substituents is 2. The number of carbonyl (C=O) groups excluding carboxylic acids is 2. The van der Waals surface area contributed by atoms with E-state index in [4.69, 9.17) is 9.84 Å². The number of carbonyl (C=O) groups is 2. The van der Waals surface area contributed by atoms with Gasteiger partial charge in [-0.3, -0.25) is 9.59 Å². The zero-order valence-electron chi connectivity index (χ0n) is 13.3. The lowest BCUT2D eigenvalue weighted by atomic mass is 10.2. The number of phenols is 2. The van der Waals surface area contributed by atoms with Gasteiger partial charge < -0.3 is 19.7 Å². The van der Waals surface area contributed by atoms with Crippen LogP contribution in [0.2, 0.25) is 0 Å². The zero-order valence-corrected chi connectivity index (χ0v) is 13.3. The van der Waals surface area contributed by atoms with Crippen LogP contribution in [0.4, 0.5) is 0 Å². The van der Waals surface area contributed by atoms with Gasteiger partial charge in [0.05, 0.1) is 19.8 Å². The third kappa shape index (κ3) is 7.95. The third-order valence-electron chi connectivity index (χ3n) is 2.65. The number of epoxide rings is 1. The van der Waals surface area contributed by atoms with Crippen molar-refractivity contribution >= 4 is 12.6 Å². The summed E-state index contributed by atoms with van der Waals surface area (Å²) in [5, 5.41) is 18.0. The molecule has 1 aliphatic heterocycles. The van der Waals surface area contributed by atoms with Crippen LogP contribution in [0.25, 0.3) is 0 Å². The summed E-state index contributed by atoms with van der Waals surface area (Å²) >= 11 is 0. The van der Waals surface area contributed by atoms with Gasteiger partial charge in [-0.15, -0.1) is 0 Å². The molecule has 1 saturated heterocycles. The zero-order chi connectivity index (χ0) is 17.8. The molecular weight excluding hydrogens is 312 g/mol. The lowest BCUT2D eigenvalue weighted by Crippen LogP contribution is -1.92. The maximum absolute atomic E-state index is 10.3. The molecule has 1 heterocycles. The Hall–Kier alpha value is -2.86. The maximum Gasteiger partial charge on any atom is 0.161 e. The van der Waals surface area contributed by atoms with E-state index in [1.165, 1.54) is 30.3 Å². The van der Waals surface area contributed by atoms with E-state index in [9.17, 15) is 14.7 Å². The fourth-order valence-corrected chi connectivity index (χ4v) is 1.43. The van der Waals surface area contributed by atoms with Crippen LogP contribution >= 0.6 is 0 Å². The van der Waals surface area contributed by atoms with E-state index < -0.39 is 0 Å². The molecule has 0 radical (unpaired) electrons. The van der Waals surface area contributed by atoms with E-state index in [1.54, 1.807) is 12.1 Å². The molecule has 1 fully saturated rings. The summed E-state index contributed by atoms with van der Waals surface area (Å²) < 4.78 is 9.57. The van der Waals surface area contributed by atoms with Gasteiger partial charge in [-0.05, 0) is 49.4 Å². The van der Waals surface area contributed by atoms with E-state index in [0.29, 0.717) is 29.8 Å². The van der Waals surface area contributed by atoms with Crippen LogP contribution in [0, 0.1) is 0 Å². The van der Waals surface area contributed by atoms with E-state index in [2.05, 4.69) is 4.74 Å². The predicted molar refractivity (Wildman–Crippen MR) is 89.0 cm³/mol. The van der Waals surface area contributed by atoms with Gasteiger partial charge in [0.1, 0.15) is 18.3 Å². The van der Waals surface area contributed by atoms with E-state index in [1.807, 2.05) is 6.92 Å². The minimum absolute atomic E-state index is 0.0578. The maximum atomic E-state index is 10.3. The molecule has 0 spiro atoms. The van der Waals surface area contributed by atoms with Gasteiger partial charge in [0, 0.05) is 11.1 Å². The van der Waals surface area contributed by atoms with Gasteiger partial charge in [0.15, 0.2) is 11.5 Å². The molecule has 0 amide bonds. The predicted octanol–water partition coefficient (Wildman–Crippen LogP) is 2.82. The van der Waals surface area contributed by atoms with Crippen molar-refractivity contribution in [3.05, 3.63) is 53.6 Å². The molecule has 24 heavy (non-hydrogen) atoms. The molecular formula is C18H20O6. The summed E-state index contributed by atoms with van der Waals surface area (Å²) in [4.78, 5) is 20.4. The van der Waals surface area contributed by atoms with E-state index in [0.717, 1.165) is 19.5 Å². The Kier molecular flexibility index (Phi) is 8.63. The highest BCUT2D eigenvalue weighted by atomic mass is 16.6. The Bertz CT molecular complexity index is 632. The summed E-state index contributed by atoms with van der Waals surface area (Å²) in [7, 11) is 0. The van der Waals surface area contributed by atoms with Crippen LogP contribution in [-0.4, -0.2) is 42.6 Å². The van der Waals surface area contributed by atoms with Gasteiger partial charge in [0.2, 0.25) is 0 Å². The van der Waals surface area contributed by atoms with Crippen molar-refractivity contribution in [3.63, 3.8) is 0 Å². The second-order valence-electron chi connectivity index (χ2n) is 4.60. The van der Waals surface area contributed by atoms with Crippen LogP contribution in [-0.2, 0) is 4.74 Å². The first-order valence-electron chi connectivity index (χ1n) is 7.33. The smallest absolute Gasteiger partial charge is 0.161 e. The van der Waals surface area contributed by atoms with Crippen molar-refractivity contribution in [1.29, 1.82) is 0 Å². The highest BCUT2D eigenvalue weighted by molar-refractivity contribution is 5.76. The lowest BCUT2D eigenvalue weighted by Gasteiger charge is -2.04. The summed E-state index contributed by atoms with van der Waals surface area (Å²) in [6.07, 6.45) is 1.45. The molecule has 0 unspecified atom stereocenters. The Morgan fingerprint density at radius 1 is 1.00 bits per heavy atom.